The second-order valence-corrected chi connectivity index (χ2v) is 10.8. The fourth-order valence-corrected chi connectivity index (χ4v) is 5.46. The lowest BCUT2D eigenvalue weighted by molar-refractivity contribution is -0.118. The first kappa shape index (κ1) is 24.9. The Labute approximate surface area is 222 Å². The zero-order chi connectivity index (χ0) is 25.2. The number of fused-ring (bicyclic) bond motifs is 1. The molecule has 0 bridgehead atoms. The molecule has 1 N–H and O–H groups in total. The molecule has 4 aromatic rings. The molecule has 1 fully saturated rings. The summed E-state index contributed by atoms with van der Waals surface area (Å²) in [4.78, 5) is 14.6. The number of para-hydroxylation sites is 1. The summed E-state index contributed by atoms with van der Waals surface area (Å²) in [7, 11) is 0. The molecule has 5 rings (SSSR count). The van der Waals surface area contributed by atoms with Gasteiger partial charge in [0, 0.05) is 34.8 Å². The van der Waals surface area contributed by atoms with Gasteiger partial charge in [-0.3, -0.25) is 9.69 Å². The lowest BCUT2D eigenvalue weighted by atomic mass is 9.89. The van der Waals surface area contributed by atoms with Crippen LogP contribution < -0.4 is 5.32 Å². The van der Waals surface area contributed by atoms with E-state index in [1.165, 1.54) is 16.5 Å². The predicted octanol–water partition coefficient (Wildman–Crippen LogP) is 7.91. The predicted molar refractivity (Wildman–Crippen MR) is 150 cm³/mol. The van der Waals surface area contributed by atoms with Gasteiger partial charge in [0.2, 0.25) is 5.91 Å². The van der Waals surface area contributed by atoms with Crippen LogP contribution in [-0.4, -0.2) is 28.5 Å². The zero-order valence-electron chi connectivity index (χ0n) is 20.7. The minimum atomic E-state index is -0.0308. The number of amides is 1. The van der Waals surface area contributed by atoms with Crippen LogP contribution in [0.15, 0.2) is 72.9 Å². The molecule has 4 nitrogen and oxygen atoms in total. The van der Waals surface area contributed by atoms with Crippen LogP contribution in [0.3, 0.4) is 0 Å². The SMILES string of the molecule is CC(C)C(=O)Nc1cccc(C2CCN(Cc3cn(-c4ccccc4Cl)c4cc(Cl)ccc34)CC2)c1. The number of aromatic nitrogens is 1. The van der Waals surface area contributed by atoms with E-state index in [1.807, 2.05) is 62.4 Å². The highest BCUT2D eigenvalue weighted by molar-refractivity contribution is 6.32. The molecule has 0 aliphatic carbocycles. The molecule has 0 spiro atoms. The van der Waals surface area contributed by atoms with Gasteiger partial charge in [-0.1, -0.05) is 67.4 Å². The van der Waals surface area contributed by atoms with Crippen LogP contribution in [0.5, 0.6) is 0 Å². The van der Waals surface area contributed by atoms with Gasteiger partial charge >= 0.3 is 0 Å². The molecule has 1 saturated heterocycles. The highest BCUT2D eigenvalue weighted by Crippen LogP contribution is 2.34. The van der Waals surface area contributed by atoms with Gasteiger partial charge in [-0.15, -0.1) is 0 Å². The standard InChI is InChI=1S/C30H31Cl2N3O/c1-20(2)30(36)33-25-7-5-6-22(16-25)21-12-14-34(15-13-21)18-23-19-35(28-9-4-3-8-27(28)32)29-17-24(31)10-11-26(23)29/h3-11,16-17,19-21H,12-15,18H2,1-2H3,(H,33,36). The Morgan fingerprint density at radius 2 is 1.78 bits per heavy atom. The van der Waals surface area contributed by atoms with Crippen molar-refractivity contribution in [1.29, 1.82) is 0 Å². The second-order valence-electron chi connectivity index (χ2n) is 9.96. The Kier molecular flexibility index (Phi) is 7.38. The Balaban J connectivity index is 1.31. The molecular formula is C30H31Cl2N3O. The van der Waals surface area contributed by atoms with Crippen molar-refractivity contribution in [2.24, 2.45) is 5.92 Å². The number of benzene rings is 3. The smallest absolute Gasteiger partial charge is 0.226 e. The van der Waals surface area contributed by atoms with Crippen molar-refractivity contribution < 1.29 is 4.79 Å². The maximum Gasteiger partial charge on any atom is 0.226 e. The molecule has 0 atom stereocenters. The molecule has 36 heavy (non-hydrogen) atoms. The van der Waals surface area contributed by atoms with Gasteiger partial charge in [0.1, 0.15) is 0 Å². The quantitative estimate of drug-likeness (QED) is 0.281. The normalized spacial score (nSPS) is 15.0. The summed E-state index contributed by atoms with van der Waals surface area (Å²) in [6.07, 6.45) is 4.39. The molecule has 0 unspecified atom stereocenters. The molecular weight excluding hydrogens is 489 g/mol. The fraction of sp³-hybridized carbons (Fsp3) is 0.300. The molecule has 2 heterocycles. The lowest BCUT2D eigenvalue weighted by Gasteiger charge is -2.32. The minimum absolute atomic E-state index is 0.0308. The number of rotatable bonds is 6. The van der Waals surface area contributed by atoms with E-state index in [0.717, 1.165) is 49.4 Å². The largest absolute Gasteiger partial charge is 0.326 e. The van der Waals surface area contributed by atoms with Gasteiger partial charge in [0.25, 0.3) is 0 Å². The van der Waals surface area contributed by atoms with Crippen LogP contribution in [0.2, 0.25) is 10.0 Å². The topological polar surface area (TPSA) is 37.3 Å². The first-order valence-corrected chi connectivity index (χ1v) is 13.3. The Bertz CT molecular complexity index is 1390. The summed E-state index contributed by atoms with van der Waals surface area (Å²) in [5, 5.41) is 5.67. The summed E-state index contributed by atoms with van der Waals surface area (Å²) in [6.45, 7) is 6.76. The van der Waals surface area contributed by atoms with E-state index in [9.17, 15) is 4.79 Å². The molecule has 1 aliphatic rings. The van der Waals surface area contributed by atoms with Gasteiger partial charge < -0.3 is 9.88 Å². The van der Waals surface area contributed by atoms with Crippen molar-refractivity contribution in [2.45, 2.75) is 39.2 Å². The van der Waals surface area contributed by atoms with E-state index in [2.05, 4.69) is 39.2 Å². The highest BCUT2D eigenvalue weighted by Gasteiger charge is 2.23. The molecule has 1 aliphatic heterocycles. The minimum Gasteiger partial charge on any atom is -0.326 e. The van der Waals surface area contributed by atoms with Gasteiger partial charge in [0.05, 0.1) is 16.2 Å². The summed E-state index contributed by atoms with van der Waals surface area (Å²) in [5.74, 6) is 0.524. The summed E-state index contributed by atoms with van der Waals surface area (Å²) < 4.78 is 2.16. The molecule has 0 radical (unpaired) electrons. The van der Waals surface area contributed by atoms with Gasteiger partial charge in [-0.25, -0.2) is 0 Å². The van der Waals surface area contributed by atoms with E-state index in [-0.39, 0.29) is 11.8 Å². The highest BCUT2D eigenvalue weighted by atomic mass is 35.5. The van der Waals surface area contributed by atoms with Crippen molar-refractivity contribution in [2.75, 3.05) is 18.4 Å². The number of piperidine rings is 1. The molecule has 1 amide bonds. The third-order valence-corrected chi connectivity index (χ3v) is 7.65. The van der Waals surface area contributed by atoms with Crippen LogP contribution >= 0.6 is 23.2 Å². The van der Waals surface area contributed by atoms with E-state index < -0.39 is 0 Å². The van der Waals surface area contributed by atoms with E-state index >= 15 is 0 Å². The maximum atomic E-state index is 12.1. The number of nitrogens with zero attached hydrogens (tertiary/aromatic N) is 2. The third kappa shape index (κ3) is 5.31. The van der Waals surface area contributed by atoms with Crippen LogP contribution in [0.25, 0.3) is 16.6 Å². The number of anilines is 1. The Hall–Kier alpha value is -2.79. The average Bonchev–Trinajstić information content (AvgIpc) is 3.21. The number of halogens is 2. The number of hydrogen-bond donors (Lipinski definition) is 1. The van der Waals surface area contributed by atoms with Crippen molar-refractivity contribution in [3.8, 4) is 5.69 Å². The fourth-order valence-electron chi connectivity index (χ4n) is 5.07. The van der Waals surface area contributed by atoms with Crippen molar-refractivity contribution in [1.82, 2.24) is 9.47 Å². The van der Waals surface area contributed by atoms with E-state index in [4.69, 9.17) is 23.2 Å². The van der Waals surface area contributed by atoms with E-state index in [1.54, 1.807) is 0 Å². The Morgan fingerprint density at radius 1 is 1.00 bits per heavy atom. The number of hydrogen-bond acceptors (Lipinski definition) is 2. The van der Waals surface area contributed by atoms with Crippen molar-refractivity contribution in [3.05, 3.63) is 94.1 Å². The van der Waals surface area contributed by atoms with Crippen molar-refractivity contribution in [3.63, 3.8) is 0 Å². The van der Waals surface area contributed by atoms with Crippen molar-refractivity contribution >= 4 is 45.7 Å². The number of carbonyl (C=O) groups excluding carboxylic acids is 1. The van der Waals surface area contributed by atoms with E-state index in [0.29, 0.717) is 16.0 Å². The molecule has 3 aromatic carbocycles. The zero-order valence-corrected chi connectivity index (χ0v) is 22.2. The van der Waals surface area contributed by atoms with Gasteiger partial charge in [-0.2, -0.15) is 0 Å². The van der Waals surface area contributed by atoms with Gasteiger partial charge in [-0.05, 0) is 79.4 Å². The molecule has 1 aromatic heterocycles. The molecule has 6 heteroatoms. The first-order chi connectivity index (χ1) is 17.4. The summed E-state index contributed by atoms with van der Waals surface area (Å²) in [6, 6.07) is 22.3. The molecule has 186 valence electrons. The average molecular weight is 521 g/mol. The summed E-state index contributed by atoms with van der Waals surface area (Å²) in [5.41, 5.74) is 5.50. The third-order valence-electron chi connectivity index (χ3n) is 7.09. The number of carbonyl (C=O) groups is 1. The Morgan fingerprint density at radius 3 is 2.53 bits per heavy atom. The monoisotopic (exact) mass is 519 g/mol. The van der Waals surface area contributed by atoms with Crippen LogP contribution in [0, 0.1) is 5.92 Å². The van der Waals surface area contributed by atoms with Crippen LogP contribution in [0.1, 0.15) is 43.7 Å². The maximum absolute atomic E-state index is 12.1. The number of likely N-dealkylation sites (tertiary alicyclic amines) is 1. The lowest BCUT2D eigenvalue weighted by Crippen LogP contribution is -2.32. The van der Waals surface area contributed by atoms with Crippen LogP contribution in [-0.2, 0) is 11.3 Å². The second kappa shape index (κ2) is 10.7. The van der Waals surface area contributed by atoms with Crippen LogP contribution in [0.4, 0.5) is 5.69 Å². The molecule has 0 saturated carbocycles. The summed E-state index contributed by atoms with van der Waals surface area (Å²) >= 11 is 12.9. The number of nitrogens with one attached hydrogen (secondary N) is 1. The van der Waals surface area contributed by atoms with Gasteiger partial charge in [0.15, 0.2) is 0 Å². The first-order valence-electron chi connectivity index (χ1n) is 12.6.